The van der Waals surface area contributed by atoms with Crippen molar-refractivity contribution < 1.29 is 23.0 Å². The second-order valence-corrected chi connectivity index (χ2v) is 4.94. The molecule has 0 spiro atoms. The monoisotopic (exact) mass is 342 g/mol. The van der Waals surface area contributed by atoms with Crippen LogP contribution in [0.25, 0.3) is 11.1 Å². The highest BCUT2D eigenvalue weighted by Gasteiger charge is 2.32. The average Bonchev–Trinajstić information content (AvgIpc) is 2.48. The third kappa shape index (κ3) is 3.86. The van der Waals surface area contributed by atoms with E-state index in [4.69, 9.17) is 22.6 Å². The van der Waals surface area contributed by atoms with Crippen LogP contribution in [0.4, 0.5) is 13.2 Å². The van der Waals surface area contributed by atoms with Crippen molar-refractivity contribution >= 4 is 11.6 Å². The van der Waals surface area contributed by atoms with Crippen molar-refractivity contribution in [3.8, 4) is 28.7 Å². The maximum absolute atomic E-state index is 12.5. The Hall–Kier alpha value is -2.43. The van der Waals surface area contributed by atoms with Crippen LogP contribution in [0.3, 0.4) is 0 Å². The lowest BCUT2D eigenvalue weighted by atomic mass is 9.99. The Morgan fingerprint density at radius 2 is 1.91 bits per heavy atom. The van der Waals surface area contributed by atoms with E-state index in [0.717, 1.165) is 6.07 Å². The minimum atomic E-state index is -4.92. The van der Waals surface area contributed by atoms with Gasteiger partial charge in [-0.2, -0.15) is 5.26 Å². The van der Waals surface area contributed by atoms with Crippen LogP contribution in [0.5, 0.6) is 11.5 Å². The zero-order valence-corrected chi connectivity index (χ0v) is 12.2. The van der Waals surface area contributed by atoms with Crippen LogP contribution in [-0.2, 0) is 6.54 Å². The Bertz CT molecular complexity index is 786. The molecule has 0 unspecified atom stereocenters. The van der Waals surface area contributed by atoms with E-state index in [1.807, 2.05) is 6.07 Å². The van der Waals surface area contributed by atoms with Gasteiger partial charge in [0.1, 0.15) is 11.5 Å². The van der Waals surface area contributed by atoms with Gasteiger partial charge in [-0.15, -0.1) is 13.2 Å². The molecule has 120 valence electrons. The van der Waals surface area contributed by atoms with E-state index >= 15 is 0 Å². The Balaban J connectivity index is 2.66. The number of rotatable bonds is 3. The first-order chi connectivity index (χ1) is 10.7. The molecule has 2 aromatic rings. The molecule has 23 heavy (non-hydrogen) atoms. The third-order valence-corrected chi connectivity index (χ3v) is 3.36. The summed E-state index contributed by atoms with van der Waals surface area (Å²) in [5, 5.41) is 19.2. The molecule has 4 nitrogen and oxygen atoms in total. The number of benzene rings is 2. The quantitative estimate of drug-likeness (QED) is 0.885. The molecule has 0 aliphatic heterocycles. The molecule has 0 radical (unpaired) electrons. The van der Waals surface area contributed by atoms with Gasteiger partial charge >= 0.3 is 6.36 Å². The molecule has 0 saturated heterocycles. The summed E-state index contributed by atoms with van der Waals surface area (Å²) in [6.07, 6.45) is -4.92. The number of alkyl halides is 3. The smallest absolute Gasteiger partial charge is 0.507 e. The van der Waals surface area contributed by atoms with Crippen molar-refractivity contribution in [2.75, 3.05) is 0 Å². The lowest BCUT2D eigenvalue weighted by Gasteiger charge is -2.15. The van der Waals surface area contributed by atoms with Gasteiger partial charge < -0.3 is 15.6 Å². The van der Waals surface area contributed by atoms with Gasteiger partial charge in [-0.25, -0.2) is 0 Å². The summed E-state index contributed by atoms with van der Waals surface area (Å²) < 4.78 is 41.5. The van der Waals surface area contributed by atoms with Gasteiger partial charge in [-0.05, 0) is 35.9 Å². The standard InChI is InChI=1S/C15H10ClF3N2O2/c16-12-5-10(13(22)4-9(12)7-21)11-3-8(6-20)1-2-14(11)23-15(17,18)19/h1-5,22H,7,21H2. The Morgan fingerprint density at radius 1 is 1.22 bits per heavy atom. The molecular weight excluding hydrogens is 333 g/mol. The number of ether oxygens (including phenoxy) is 1. The molecule has 0 saturated carbocycles. The van der Waals surface area contributed by atoms with E-state index in [9.17, 15) is 18.3 Å². The van der Waals surface area contributed by atoms with Crippen molar-refractivity contribution in [2.45, 2.75) is 12.9 Å². The van der Waals surface area contributed by atoms with Crippen LogP contribution < -0.4 is 10.5 Å². The number of hydrogen-bond donors (Lipinski definition) is 2. The fraction of sp³-hybridized carbons (Fsp3) is 0.133. The molecule has 0 aromatic heterocycles. The van der Waals surface area contributed by atoms with E-state index in [-0.39, 0.29) is 34.0 Å². The molecular formula is C15H10ClF3N2O2. The van der Waals surface area contributed by atoms with Crippen LogP contribution >= 0.6 is 11.6 Å². The molecule has 8 heteroatoms. The molecule has 0 fully saturated rings. The molecule has 0 amide bonds. The summed E-state index contributed by atoms with van der Waals surface area (Å²) in [6.45, 7) is 0.0524. The van der Waals surface area contributed by atoms with Crippen molar-refractivity contribution in [1.82, 2.24) is 0 Å². The zero-order chi connectivity index (χ0) is 17.2. The summed E-state index contributed by atoms with van der Waals surface area (Å²) in [7, 11) is 0. The van der Waals surface area contributed by atoms with E-state index in [0.29, 0.717) is 5.56 Å². The van der Waals surface area contributed by atoms with Crippen LogP contribution in [0.1, 0.15) is 11.1 Å². The highest BCUT2D eigenvalue weighted by Crippen LogP contribution is 2.41. The van der Waals surface area contributed by atoms with Crippen molar-refractivity contribution in [1.29, 1.82) is 5.26 Å². The van der Waals surface area contributed by atoms with E-state index < -0.39 is 12.1 Å². The number of nitrogens with two attached hydrogens (primary N) is 1. The van der Waals surface area contributed by atoms with Crippen molar-refractivity contribution in [2.24, 2.45) is 5.73 Å². The van der Waals surface area contributed by atoms with Gasteiger partial charge in [0.2, 0.25) is 0 Å². The summed E-state index contributed by atoms with van der Waals surface area (Å²) in [5.41, 5.74) is 5.89. The molecule has 0 aliphatic carbocycles. The third-order valence-electron chi connectivity index (χ3n) is 3.01. The minimum absolute atomic E-state index is 0.00329. The van der Waals surface area contributed by atoms with Crippen molar-refractivity contribution in [3.63, 3.8) is 0 Å². The number of phenols is 1. The molecule has 0 heterocycles. The van der Waals surface area contributed by atoms with Crippen LogP contribution in [0.2, 0.25) is 5.02 Å². The predicted molar refractivity (Wildman–Crippen MR) is 77.8 cm³/mol. The largest absolute Gasteiger partial charge is 0.573 e. The number of nitriles is 1. The van der Waals surface area contributed by atoms with Gasteiger partial charge in [0.15, 0.2) is 0 Å². The zero-order valence-electron chi connectivity index (χ0n) is 11.5. The first-order valence-electron chi connectivity index (χ1n) is 6.27. The highest BCUT2D eigenvalue weighted by atomic mass is 35.5. The van der Waals surface area contributed by atoms with E-state index in [2.05, 4.69) is 4.74 Å². The van der Waals surface area contributed by atoms with Crippen molar-refractivity contribution in [3.05, 3.63) is 46.5 Å². The van der Waals surface area contributed by atoms with Gasteiger partial charge in [0, 0.05) is 22.7 Å². The van der Waals surface area contributed by atoms with Gasteiger partial charge in [0.05, 0.1) is 11.6 Å². The molecule has 2 aromatic carbocycles. The first kappa shape index (κ1) is 16.9. The average molecular weight is 343 g/mol. The number of phenolic OH excluding ortho intramolecular Hbond substituents is 1. The number of aromatic hydroxyl groups is 1. The van der Waals surface area contributed by atoms with E-state index in [1.54, 1.807) is 0 Å². The summed E-state index contributed by atoms with van der Waals surface area (Å²) in [5.74, 6) is -0.875. The van der Waals surface area contributed by atoms with Gasteiger partial charge in [-0.1, -0.05) is 11.6 Å². The fourth-order valence-corrected chi connectivity index (χ4v) is 2.24. The lowest BCUT2D eigenvalue weighted by molar-refractivity contribution is -0.274. The van der Waals surface area contributed by atoms with Gasteiger partial charge in [0.25, 0.3) is 0 Å². The van der Waals surface area contributed by atoms with Crippen LogP contribution in [0.15, 0.2) is 30.3 Å². The summed E-state index contributed by atoms with van der Waals surface area (Å²) in [4.78, 5) is 0. The topological polar surface area (TPSA) is 79.3 Å². The molecule has 0 aliphatic rings. The SMILES string of the molecule is N#Cc1ccc(OC(F)(F)F)c(-c2cc(Cl)c(CN)cc2O)c1. The van der Waals surface area contributed by atoms with Crippen LogP contribution in [0, 0.1) is 11.3 Å². The Kier molecular flexibility index (Phi) is 4.68. The van der Waals surface area contributed by atoms with Gasteiger partial charge in [-0.3, -0.25) is 0 Å². The molecule has 0 atom stereocenters. The maximum atomic E-state index is 12.5. The van der Waals surface area contributed by atoms with E-state index in [1.165, 1.54) is 24.3 Å². The highest BCUT2D eigenvalue weighted by molar-refractivity contribution is 6.31. The fourth-order valence-electron chi connectivity index (χ4n) is 2.00. The Labute approximate surface area is 134 Å². The normalized spacial score (nSPS) is 11.1. The summed E-state index contributed by atoms with van der Waals surface area (Å²) >= 11 is 5.99. The van der Waals surface area contributed by atoms with Crippen LogP contribution in [-0.4, -0.2) is 11.5 Å². The molecule has 0 bridgehead atoms. The number of halogens is 4. The Morgan fingerprint density at radius 3 is 2.48 bits per heavy atom. The second-order valence-electron chi connectivity index (χ2n) is 4.54. The first-order valence-corrected chi connectivity index (χ1v) is 6.64. The lowest BCUT2D eigenvalue weighted by Crippen LogP contribution is -2.17. The molecule has 3 N–H and O–H groups in total. The predicted octanol–water partition coefficient (Wildman–Crippen LogP) is 3.94. The minimum Gasteiger partial charge on any atom is -0.507 e. The number of hydrogen-bond acceptors (Lipinski definition) is 4. The maximum Gasteiger partial charge on any atom is 0.573 e. The number of nitrogens with zero attached hydrogens (tertiary/aromatic N) is 1. The summed E-state index contributed by atoms with van der Waals surface area (Å²) in [6, 6.07) is 7.71. The molecule has 2 rings (SSSR count). The second kappa shape index (κ2) is 6.36.